The van der Waals surface area contributed by atoms with Gasteiger partial charge in [-0.3, -0.25) is 4.79 Å². The highest BCUT2D eigenvalue weighted by molar-refractivity contribution is 7.88. The van der Waals surface area contributed by atoms with E-state index in [1.54, 1.807) is 11.0 Å². The Morgan fingerprint density at radius 3 is 2.50 bits per heavy atom. The molecular formula is C14H18N2O5S. The number of hydrogen-bond donors (Lipinski definition) is 0. The largest absolute Gasteiger partial charge is 0.454 e. The van der Waals surface area contributed by atoms with Crippen molar-refractivity contribution in [1.82, 2.24) is 9.21 Å². The number of benzene rings is 1. The molecule has 1 fully saturated rings. The molecule has 120 valence electrons. The molecule has 1 amide bonds. The first-order valence-electron chi connectivity index (χ1n) is 7.05. The minimum absolute atomic E-state index is 0.00739. The van der Waals surface area contributed by atoms with Gasteiger partial charge in [0.15, 0.2) is 11.5 Å². The Kier molecular flexibility index (Phi) is 3.96. The summed E-state index contributed by atoms with van der Waals surface area (Å²) in [5.41, 5.74) is 0.861. The molecule has 0 aliphatic carbocycles. The lowest BCUT2D eigenvalue weighted by Gasteiger charge is -2.33. The van der Waals surface area contributed by atoms with Crippen LogP contribution in [0.4, 0.5) is 0 Å². The van der Waals surface area contributed by atoms with Crippen molar-refractivity contribution in [2.75, 3.05) is 39.2 Å². The van der Waals surface area contributed by atoms with Gasteiger partial charge in [0.25, 0.3) is 0 Å². The number of nitrogens with zero attached hydrogens (tertiary/aromatic N) is 2. The first kappa shape index (κ1) is 15.1. The number of ether oxygens (including phenoxy) is 2. The zero-order valence-electron chi connectivity index (χ0n) is 12.3. The lowest BCUT2D eigenvalue weighted by atomic mass is 10.1. The molecule has 2 aliphatic rings. The number of carbonyl (C=O) groups is 1. The Hall–Kier alpha value is -1.80. The van der Waals surface area contributed by atoms with Crippen LogP contribution in [0.1, 0.15) is 5.56 Å². The van der Waals surface area contributed by atoms with Gasteiger partial charge in [-0.2, -0.15) is 4.31 Å². The van der Waals surface area contributed by atoms with Crippen molar-refractivity contribution in [3.63, 3.8) is 0 Å². The smallest absolute Gasteiger partial charge is 0.231 e. The molecule has 7 nitrogen and oxygen atoms in total. The molecule has 2 aliphatic heterocycles. The second kappa shape index (κ2) is 5.77. The summed E-state index contributed by atoms with van der Waals surface area (Å²) in [6.45, 7) is 1.77. The summed E-state index contributed by atoms with van der Waals surface area (Å²) in [7, 11) is -3.18. The van der Waals surface area contributed by atoms with E-state index in [0.717, 1.165) is 5.56 Å². The maximum Gasteiger partial charge on any atom is 0.231 e. The van der Waals surface area contributed by atoms with E-state index in [1.807, 2.05) is 12.1 Å². The van der Waals surface area contributed by atoms with Crippen molar-refractivity contribution in [3.8, 4) is 11.5 Å². The number of sulfonamides is 1. The molecule has 0 unspecified atom stereocenters. The van der Waals surface area contributed by atoms with E-state index >= 15 is 0 Å². The lowest BCUT2D eigenvalue weighted by molar-refractivity contribution is -0.131. The van der Waals surface area contributed by atoms with Crippen molar-refractivity contribution in [2.24, 2.45) is 0 Å². The Morgan fingerprint density at radius 1 is 1.14 bits per heavy atom. The first-order valence-corrected chi connectivity index (χ1v) is 8.90. The Morgan fingerprint density at radius 2 is 1.82 bits per heavy atom. The fourth-order valence-corrected chi connectivity index (χ4v) is 3.43. The second-order valence-corrected chi connectivity index (χ2v) is 7.39. The van der Waals surface area contributed by atoms with Gasteiger partial charge in [-0.15, -0.1) is 0 Å². The highest BCUT2D eigenvalue weighted by Crippen LogP contribution is 2.32. The Bertz CT molecular complexity index is 680. The van der Waals surface area contributed by atoms with Gasteiger partial charge < -0.3 is 14.4 Å². The topological polar surface area (TPSA) is 76.2 Å². The van der Waals surface area contributed by atoms with Crippen molar-refractivity contribution in [1.29, 1.82) is 0 Å². The standard InChI is InChI=1S/C14H18N2O5S/c1-22(18,19)16-6-4-15(5-7-16)14(17)9-11-2-3-12-13(8-11)21-10-20-12/h2-3,8H,4-7,9-10H2,1H3. The molecule has 0 atom stereocenters. The van der Waals surface area contributed by atoms with Crippen LogP contribution in [0.25, 0.3) is 0 Å². The molecule has 1 saturated heterocycles. The fourth-order valence-electron chi connectivity index (χ4n) is 2.61. The molecule has 0 N–H and O–H groups in total. The molecule has 2 heterocycles. The summed E-state index contributed by atoms with van der Waals surface area (Å²) in [5, 5.41) is 0. The van der Waals surface area contributed by atoms with Crippen LogP contribution in [0.15, 0.2) is 18.2 Å². The molecular weight excluding hydrogens is 308 g/mol. The van der Waals surface area contributed by atoms with Crippen molar-refractivity contribution in [2.45, 2.75) is 6.42 Å². The van der Waals surface area contributed by atoms with Crippen LogP contribution in [0.5, 0.6) is 11.5 Å². The lowest BCUT2D eigenvalue weighted by Crippen LogP contribution is -2.50. The molecule has 0 aromatic heterocycles. The average Bonchev–Trinajstić information content (AvgIpc) is 2.94. The molecule has 3 rings (SSSR count). The van der Waals surface area contributed by atoms with E-state index in [1.165, 1.54) is 10.6 Å². The van der Waals surface area contributed by atoms with E-state index in [2.05, 4.69) is 0 Å². The van der Waals surface area contributed by atoms with Gasteiger partial charge in [0.05, 0.1) is 12.7 Å². The van der Waals surface area contributed by atoms with E-state index in [-0.39, 0.29) is 19.1 Å². The summed E-state index contributed by atoms with van der Waals surface area (Å²) in [4.78, 5) is 14.0. The highest BCUT2D eigenvalue weighted by Gasteiger charge is 2.26. The van der Waals surface area contributed by atoms with E-state index in [9.17, 15) is 13.2 Å². The normalized spacial score (nSPS) is 18.5. The monoisotopic (exact) mass is 326 g/mol. The molecule has 22 heavy (non-hydrogen) atoms. The van der Waals surface area contributed by atoms with Crippen LogP contribution >= 0.6 is 0 Å². The number of amides is 1. The number of carbonyl (C=O) groups excluding carboxylic acids is 1. The summed E-state index contributed by atoms with van der Waals surface area (Å²) in [6, 6.07) is 5.46. The fraction of sp³-hybridized carbons (Fsp3) is 0.500. The third-order valence-electron chi connectivity index (χ3n) is 3.85. The van der Waals surface area contributed by atoms with Crippen LogP contribution in [-0.4, -0.2) is 62.8 Å². The summed E-state index contributed by atoms with van der Waals surface area (Å²) in [5.74, 6) is 1.34. The zero-order valence-corrected chi connectivity index (χ0v) is 13.1. The van der Waals surface area contributed by atoms with Crippen LogP contribution in [0.2, 0.25) is 0 Å². The SMILES string of the molecule is CS(=O)(=O)N1CCN(C(=O)Cc2ccc3c(c2)OCO3)CC1. The third-order valence-corrected chi connectivity index (χ3v) is 5.16. The van der Waals surface area contributed by atoms with E-state index in [4.69, 9.17) is 9.47 Å². The summed E-state index contributed by atoms with van der Waals surface area (Å²) in [6.07, 6.45) is 1.46. The van der Waals surface area contributed by atoms with Crippen LogP contribution < -0.4 is 9.47 Å². The van der Waals surface area contributed by atoms with Gasteiger partial charge in [0, 0.05) is 26.2 Å². The van der Waals surface area contributed by atoms with Crippen molar-refractivity contribution in [3.05, 3.63) is 23.8 Å². The Balaban J connectivity index is 1.59. The number of piperazine rings is 1. The number of hydrogen-bond acceptors (Lipinski definition) is 5. The van der Waals surface area contributed by atoms with E-state index < -0.39 is 10.0 Å². The molecule has 0 saturated carbocycles. The van der Waals surface area contributed by atoms with Gasteiger partial charge in [0.2, 0.25) is 22.7 Å². The van der Waals surface area contributed by atoms with Crippen LogP contribution in [0.3, 0.4) is 0 Å². The van der Waals surface area contributed by atoms with Gasteiger partial charge in [-0.1, -0.05) is 6.07 Å². The molecule has 1 aromatic rings. The van der Waals surface area contributed by atoms with Crippen molar-refractivity contribution >= 4 is 15.9 Å². The van der Waals surface area contributed by atoms with Gasteiger partial charge in [0.1, 0.15) is 0 Å². The zero-order chi connectivity index (χ0) is 15.7. The van der Waals surface area contributed by atoms with Crippen molar-refractivity contribution < 1.29 is 22.7 Å². The predicted molar refractivity (Wildman–Crippen MR) is 79.3 cm³/mol. The summed E-state index contributed by atoms with van der Waals surface area (Å²) < 4.78 is 34.9. The Labute approximate surface area is 129 Å². The van der Waals surface area contributed by atoms with Gasteiger partial charge >= 0.3 is 0 Å². The molecule has 0 bridgehead atoms. The molecule has 0 radical (unpaired) electrons. The maximum absolute atomic E-state index is 12.3. The highest BCUT2D eigenvalue weighted by atomic mass is 32.2. The molecule has 8 heteroatoms. The minimum Gasteiger partial charge on any atom is -0.454 e. The average molecular weight is 326 g/mol. The molecule has 0 spiro atoms. The van der Waals surface area contributed by atoms with Gasteiger partial charge in [-0.25, -0.2) is 8.42 Å². The van der Waals surface area contributed by atoms with E-state index in [0.29, 0.717) is 37.7 Å². The second-order valence-electron chi connectivity index (χ2n) is 5.41. The van der Waals surface area contributed by atoms with Crippen LogP contribution in [-0.2, 0) is 21.2 Å². The number of rotatable bonds is 3. The number of fused-ring (bicyclic) bond motifs is 1. The van der Waals surface area contributed by atoms with Crippen LogP contribution in [0, 0.1) is 0 Å². The summed E-state index contributed by atoms with van der Waals surface area (Å²) >= 11 is 0. The predicted octanol–water partition coefficient (Wildman–Crippen LogP) is 0.0616. The van der Waals surface area contributed by atoms with Gasteiger partial charge in [-0.05, 0) is 17.7 Å². The third kappa shape index (κ3) is 3.17. The quantitative estimate of drug-likeness (QED) is 0.785. The first-order chi connectivity index (χ1) is 10.4. The minimum atomic E-state index is -3.18. The molecule has 1 aromatic carbocycles. The maximum atomic E-state index is 12.3.